The van der Waals surface area contributed by atoms with Crippen LogP contribution in [0.25, 0.3) is 11.0 Å². The SMILES string of the molecule is Cc1ccc2oc(C(=O)Nc3cccc(Br)n3)cc2c1. The summed E-state index contributed by atoms with van der Waals surface area (Å²) in [4.78, 5) is 16.3. The highest BCUT2D eigenvalue weighted by atomic mass is 79.9. The molecule has 20 heavy (non-hydrogen) atoms. The molecule has 0 spiro atoms. The van der Waals surface area contributed by atoms with Crippen molar-refractivity contribution < 1.29 is 9.21 Å². The number of aromatic nitrogens is 1. The van der Waals surface area contributed by atoms with Crippen molar-refractivity contribution in [1.82, 2.24) is 4.98 Å². The van der Waals surface area contributed by atoms with E-state index in [9.17, 15) is 4.79 Å². The Morgan fingerprint density at radius 3 is 2.90 bits per heavy atom. The van der Waals surface area contributed by atoms with Gasteiger partial charge in [-0.25, -0.2) is 4.98 Å². The lowest BCUT2D eigenvalue weighted by atomic mass is 10.2. The fourth-order valence-corrected chi connectivity index (χ4v) is 2.27. The summed E-state index contributed by atoms with van der Waals surface area (Å²) in [6.45, 7) is 2.00. The van der Waals surface area contributed by atoms with Crippen molar-refractivity contribution in [2.45, 2.75) is 6.92 Å². The number of nitrogens with one attached hydrogen (secondary N) is 1. The zero-order valence-electron chi connectivity index (χ0n) is 10.7. The molecule has 1 aromatic carbocycles. The number of furan rings is 1. The molecule has 0 saturated heterocycles. The van der Waals surface area contributed by atoms with Crippen LogP contribution in [0, 0.1) is 6.92 Å². The average Bonchev–Trinajstić information content (AvgIpc) is 2.81. The third-order valence-electron chi connectivity index (χ3n) is 2.85. The Labute approximate surface area is 123 Å². The van der Waals surface area contributed by atoms with Crippen LogP contribution in [-0.4, -0.2) is 10.9 Å². The van der Waals surface area contributed by atoms with Crippen LogP contribution in [0.2, 0.25) is 0 Å². The van der Waals surface area contributed by atoms with Gasteiger partial charge in [-0.3, -0.25) is 4.79 Å². The molecule has 100 valence electrons. The van der Waals surface area contributed by atoms with E-state index in [1.54, 1.807) is 24.3 Å². The fraction of sp³-hybridized carbons (Fsp3) is 0.0667. The number of benzene rings is 1. The van der Waals surface area contributed by atoms with Gasteiger partial charge in [0.15, 0.2) is 5.76 Å². The van der Waals surface area contributed by atoms with Crippen molar-refractivity contribution >= 4 is 38.6 Å². The highest BCUT2D eigenvalue weighted by molar-refractivity contribution is 9.10. The first-order chi connectivity index (χ1) is 9.61. The number of hydrogen-bond donors (Lipinski definition) is 1. The molecule has 0 atom stereocenters. The second kappa shape index (κ2) is 5.09. The van der Waals surface area contributed by atoms with Crippen molar-refractivity contribution in [2.75, 3.05) is 5.32 Å². The van der Waals surface area contributed by atoms with Gasteiger partial charge in [-0.15, -0.1) is 0 Å². The first-order valence-electron chi connectivity index (χ1n) is 6.06. The second-order valence-corrected chi connectivity index (χ2v) is 5.26. The number of halogens is 1. The van der Waals surface area contributed by atoms with Crippen LogP contribution >= 0.6 is 15.9 Å². The van der Waals surface area contributed by atoms with Crippen molar-refractivity contribution in [2.24, 2.45) is 0 Å². The van der Waals surface area contributed by atoms with Crippen molar-refractivity contribution in [3.63, 3.8) is 0 Å². The molecule has 3 rings (SSSR count). The van der Waals surface area contributed by atoms with Gasteiger partial charge >= 0.3 is 0 Å². The van der Waals surface area contributed by atoms with Gasteiger partial charge in [0, 0.05) is 5.39 Å². The number of hydrogen-bond acceptors (Lipinski definition) is 3. The highest BCUT2D eigenvalue weighted by Crippen LogP contribution is 2.21. The Kier molecular flexibility index (Phi) is 3.28. The van der Waals surface area contributed by atoms with Crippen LogP contribution in [-0.2, 0) is 0 Å². The fourth-order valence-electron chi connectivity index (χ4n) is 1.93. The third kappa shape index (κ3) is 2.58. The topological polar surface area (TPSA) is 55.1 Å². The van der Waals surface area contributed by atoms with Gasteiger partial charge in [0.1, 0.15) is 16.0 Å². The Morgan fingerprint density at radius 2 is 2.10 bits per heavy atom. The highest BCUT2D eigenvalue weighted by Gasteiger charge is 2.13. The summed E-state index contributed by atoms with van der Waals surface area (Å²) >= 11 is 3.26. The van der Waals surface area contributed by atoms with E-state index in [0.717, 1.165) is 10.9 Å². The van der Waals surface area contributed by atoms with E-state index in [1.807, 2.05) is 25.1 Å². The van der Waals surface area contributed by atoms with Crippen LogP contribution in [0.5, 0.6) is 0 Å². The summed E-state index contributed by atoms with van der Waals surface area (Å²) in [5.74, 6) is 0.429. The van der Waals surface area contributed by atoms with E-state index >= 15 is 0 Å². The van der Waals surface area contributed by atoms with E-state index in [2.05, 4.69) is 26.2 Å². The molecule has 3 aromatic rings. The van der Waals surface area contributed by atoms with Crippen molar-refractivity contribution in [3.8, 4) is 0 Å². The maximum absolute atomic E-state index is 12.1. The number of amides is 1. The Morgan fingerprint density at radius 1 is 1.25 bits per heavy atom. The molecule has 1 N–H and O–H groups in total. The van der Waals surface area contributed by atoms with Crippen LogP contribution in [0.4, 0.5) is 5.82 Å². The van der Waals surface area contributed by atoms with Crippen LogP contribution in [0.1, 0.15) is 16.1 Å². The number of carbonyl (C=O) groups is 1. The number of carbonyl (C=O) groups excluding carboxylic acids is 1. The third-order valence-corrected chi connectivity index (χ3v) is 3.29. The lowest BCUT2D eigenvalue weighted by Gasteiger charge is -2.01. The molecule has 0 aliphatic carbocycles. The number of fused-ring (bicyclic) bond motifs is 1. The molecule has 2 aromatic heterocycles. The monoisotopic (exact) mass is 330 g/mol. The second-order valence-electron chi connectivity index (χ2n) is 4.45. The van der Waals surface area contributed by atoms with Gasteiger partial charge in [-0.2, -0.15) is 0 Å². The molecule has 0 fully saturated rings. The predicted octanol–water partition coefficient (Wildman–Crippen LogP) is 4.15. The van der Waals surface area contributed by atoms with Crippen molar-refractivity contribution in [1.29, 1.82) is 0 Å². The van der Waals surface area contributed by atoms with Crippen molar-refractivity contribution in [3.05, 3.63) is 58.4 Å². The van der Waals surface area contributed by atoms with Gasteiger partial charge in [-0.1, -0.05) is 17.7 Å². The molecule has 1 amide bonds. The van der Waals surface area contributed by atoms with E-state index in [0.29, 0.717) is 16.0 Å². The first kappa shape index (κ1) is 12.9. The standard InChI is InChI=1S/C15H11BrN2O2/c1-9-5-6-11-10(7-9)8-12(20-11)15(19)18-14-4-2-3-13(16)17-14/h2-8H,1H3,(H,17,18,19). The minimum Gasteiger partial charge on any atom is -0.451 e. The molecule has 0 unspecified atom stereocenters. The molecule has 0 aliphatic rings. The molecule has 0 bridgehead atoms. The quantitative estimate of drug-likeness (QED) is 0.718. The molecule has 4 nitrogen and oxygen atoms in total. The molecular formula is C15H11BrN2O2. The Bertz CT molecular complexity index is 795. The Balaban J connectivity index is 1.88. The summed E-state index contributed by atoms with van der Waals surface area (Å²) < 4.78 is 6.20. The summed E-state index contributed by atoms with van der Waals surface area (Å²) in [7, 11) is 0. The normalized spacial score (nSPS) is 10.7. The zero-order chi connectivity index (χ0) is 14.1. The minimum atomic E-state index is -0.315. The predicted molar refractivity (Wildman–Crippen MR) is 80.8 cm³/mol. The van der Waals surface area contributed by atoms with Gasteiger partial charge in [0.2, 0.25) is 0 Å². The molecule has 0 saturated carbocycles. The maximum atomic E-state index is 12.1. The molecular weight excluding hydrogens is 320 g/mol. The van der Waals surface area contributed by atoms with Crippen LogP contribution < -0.4 is 5.32 Å². The zero-order valence-corrected chi connectivity index (χ0v) is 12.3. The molecule has 0 aliphatic heterocycles. The number of pyridine rings is 1. The number of rotatable bonds is 2. The minimum absolute atomic E-state index is 0.271. The van der Waals surface area contributed by atoms with E-state index in [-0.39, 0.29) is 11.7 Å². The van der Waals surface area contributed by atoms with Crippen LogP contribution in [0.3, 0.4) is 0 Å². The molecule has 5 heteroatoms. The summed E-state index contributed by atoms with van der Waals surface area (Å²) in [6.07, 6.45) is 0. The number of nitrogens with zero attached hydrogens (tertiary/aromatic N) is 1. The lowest BCUT2D eigenvalue weighted by Crippen LogP contribution is -2.11. The first-order valence-corrected chi connectivity index (χ1v) is 6.85. The van der Waals surface area contributed by atoms with E-state index in [1.165, 1.54) is 0 Å². The molecule has 2 heterocycles. The average molecular weight is 331 g/mol. The maximum Gasteiger partial charge on any atom is 0.292 e. The number of anilines is 1. The summed E-state index contributed by atoms with van der Waals surface area (Å²) in [5.41, 5.74) is 1.82. The lowest BCUT2D eigenvalue weighted by molar-refractivity contribution is 0.0998. The van der Waals surface area contributed by atoms with Crippen LogP contribution in [0.15, 0.2) is 51.5 Å². The van der Waals surface area contributed by atoms with Gasteiger partial charge in [0.25, 0.3) is 5.91 Å². The van der Waals surface area contributed by atoms with Gasteiger partial charge < -0.3 is 9.73 Å². The number of aryl methyl sites for hydroxylation is 1. The Hall–Kier alpha value is -2.14. The smallest absolute Gasteiger partial charge is 0.292 e. The van der Waals surface area contributed by atoms with E-state index < -0.39 is 0 Å². The van der Waals surface area contributed by atoms with Gasteiger partial charge in [-0.05, 0) is 53.2 Å². The van der Waals surface area contributed by atoms with Gasteiger partial charge in [0.05, 0.1) is 0 Å². The summed E-state index contributed by atoms with van der Waals surface area (Å²) in [6, 6.07) is 12.8. The molecule has 0 radical (unpaired) electrons. The van der Waals surface area contributed by atoms with E-state index in [4.69, 9.17) is 4.42 Å². The largest absolute Gasteiger partial charge is 0.451 e. The summed E-state index contributed by atoms with van der Waals surface area (Å²) in [5, 5.41) is 3.62.